The molecule has 2 heterocycles. The average Bonchev–Trinajstić information content (AvgIpc) is 2.85. The van der Waals surface area contributed by atoms with Gasteiger partial charge < -0.3 is 14.4 Å². The number of ether oxygens (including phenoxy) is 1. The molecule has 0 radical (unpaired) electrons. The number of hydrogen-bond donors (Lipinski definition) is 1. The van der Waals surface area contributed by atoms with Gasteiger partial charge in [-0.1, -0.05) is 5.21 Å². The van der Waals surface area contributed by atoms with Gasteiger partial charge in [-0.15, -0.1) is 5.10 Å². The Morgan fingerprint density at radius 2 is 2.28 bits per heavy atom. The van der Waals surface area contributed by atoms with Crippen molar-refractivity contribution in [2.75, 3.05) is 13.7 Å². The smallest absolute Gasteiger partial charge is 0.163 e. The number of aliphatic hydroxyl groups excluding tert-OH is 1. The quantitative estimate of drug-likeness (QED) is 0.866. The van der Waals surface area contributed by atoms with Gasteiger partial charge in [-0.25, -0.2) is 9.67 Å². The lowest BCUT2D eigenvalue weighted by Crippen LogP contribution is -2.21. The van der Waals surface area contributed by atoms with Gasteiger partial charge in [0, 0.05) is 20.4 Å². The molecule has 2 aromatic rings. The molecule has 0 aliphatic heterocycles. The highest BCUT2D eigenvalue weighted by Crippen LogP contribution is 2.17. The van der Waals surface area contributed by atoms with Crippen LogP contribution in [0.3, 0.4) is 0 Å². The summed E-state index contributed by atoms with van der Waals surface area (Å²) in [7, 11) is 3.42. The number of aliphatic hydroxyl groups is 1. The number of hydrogen-bond acceptors (Lipinski definition) is 5. The molecule has 0 spiro atoms. The molecular formula is C10H14BrN5O2. The van der Waals surface area contributed by atoms with E-state index >= 15 is 0 Å². The molecular weight excluding hydrogens is 302 g/mol. The van der Waals surface area contributed by atoms with Crippen LogP contribution in [-0.2, 0) is 18.3 Å². The number of imidazole rings is 1. The van der Waals surface area contributed by atoms with Gasteiger partial charge in [-0.2, -0.15) is 0 Å². The number of aromatic nitrogens is 5. The van der Waals surface area contributed by atoms with Gasteiger partial charge in [0.1, 0.15) is 10.3 Å². The summed E-state index contributed by atoms with van der Waals surface area (Å²) in [6, 6.07) is 0. The van der Waals surface area contributed by atoms with Crippen LogP contribution in [0.4, 0.5) is 0 Å². The van der Waals surface area contributed by atoms with Crippen LogP contribution in [0.25, 0.3) is 11.5 Å². The SMILES string of the molecule is COC[C@H](O)Cn1cc(-c2nc(Br)cn2C)nn1. The number of aryl methyl sites for hydroxylation is 1. The summed E-state index contributed by atoms with van der Waals surface area (Å²) < 4.78 is 9.02. The molecule has 2 rings (SSSR count). The number of methoxy groups -OCH3 is 1. The highest BCUT2D eigenvalue weighted by molar-refractivity contribution is 9.10. The Kier molecular flexibility index (Phi) is 4.10. The Morgan fingerprint density at radius 1 is 1.50 bits per heavy atom. The Bertz CT molecular complexity index is 524. The molecule has 98 valence electrons. The Balaban J connectivity index is 2.13. The van der Waals surface area contributed by atoms with Crippen LogP contribution in [-0.4, -0.2) is 49.5 Å². The van der Waals surface area contributed by atoms with Crippen LogP contribution < -0.4 is 0 Å². The third kappa shape index (κ3) is 2.95. The van der Waals surface area contributed by atoms with E-state index in [2.05, 4.69) is 31.2 Å². The summed E-state index contributed by atoms with van der Waals surface area (Å²) in [4.78, 5) is 4.29. The van der Waals surface area contributed by atoms with E-state index in [1.54, 1.807) is 18.0 Å². The van der Waals surface area contributed by atoms with Crippen LogP contribution in [0.15, 0.2) is 17.0 Å². The topological polar surface area (TPSA) is 78.0 Å². The van der Waals surface area contributed by atoms with Crippen molar-refractivity contribution < 1.29 is 9.84 Å². The van der Waals surface area contributed by atoms with Crippen LogP contribution >= 0.6 is 15.9 Å². The minimum Gasteiger partial charge on any atom is -0.389 e. The fourth-order valence-corrected chi connectivity index (χ4v) is 2.09. The van der Waals surface area contributed by atoms with Crippen molar-refractivity contribution >= 4 is 15.9 Å². The van der Waals surface area contributed by atoms with Crippen molar-refractivity contribution in [1.82, 2.24) is 24.5 Å². The molecule has 8 heteroatoms. The maximum Gasteiger partial charge on any atom is 0.163 e. The second-order valence-corrected chi connectivity index (χ2v) is 4.75. The maximum absolute atomic E-state index is 9.60. The van der Waals surface area contributed by atoms with E-state index in [0.717, 1.165) is 4.60 Å². The van der Waals surface area contributed by atoms with E-state index in [1.165, 1.54) is 0 Å². The van der Waals surface area contributed by atoms with Gasteiger partial charge >= 0.3 is 0 Å². The fourth-order valence-electron chi connectivity index (χ4n) is 1.62. The average molecular weight is 316 g/mol. The lowest BCUT2D eigenvalue weighted by molar-refractivity contribution is 0.0510. The first-order chi connectivity index (χ1) is 8.60. The predicted octanol–water partition coefficient (Wildman–Crippen LogP) is 0.448. The maximum atomic E-state index is 9.60. The first kappa shape index (κ1) is 13.2. The summed E-state index contributed by atoms with van der Waals surface area (Å²) in [5, 5.41) is 17.6. The molecule has 2 aromatic heterocycles. The molecule has 0 saturated heterocycles. The summed E-state index contributed by atoms with van der Waals surface area (Å²) in [5.74, 6) is 0.717. The van der Waals surface area contributed by atoms with Crippen molar-refractivity contribution in [2.24, 2.45) is 7.05 Å². The lowest BCUT2D eigenvalue weighted by Gasteiger charge is -2.07. The second-order valence-electron chi connectivity index (χ2n) is 3.93. The Morgan fingerprint density at radius 3 is 2.89 bits per heavy atom. The zero-order valence-electron chi connectivity index (χ0n) is 10.1. The summed E-state index contributed by atoms with van der Waals surface area (Å²) in [6.45, 7) is 0.607. The highest BCUT2D eigenvalue weighted by Gasteiger charge is 2.12. The van der Waals surface area contributed by atoms with Crippen molar-refractivity contribution in [3.05, 3.63) is 17.0 Å². The minimum atomic E-state index is -0.599. The summed E-state index contributed by atoms with van der Waals surface area (Å²) in [5.41, 5.74) is 0.660. The van der Waals surface area contributed by atoms with Gasteiger partial charge in [-0.05, 0) is 15.9 Å². The molecule has 1 atom stereocenters. The minimum absolute atomic E-state index is 0.267. The Labute approximate surface area is 113 Å². The normalized spacial score (nSPS) is 12.9. The van der Waals surface area contributed by atoms with Gasteiger partial charge in [-0.3, -0.25) is 0 Å². The van der Waals surface area contributed by atoms with Crippen molar-refractivity contribution in [2.45, 2.75) is 12.6 Å². The van der Waals surface area contributed by atoms with E-state index in [-0.39, 0.29) is 6.61 Å². The summed E-state index contributed by atoms with van der Waals surface area (Å²) in [6.07, 6.45) is 2.99. The first-order valence-corrected chi connectivity index (χ1v) is 6.16. The van der Waals surface area contributed by atoms with E-state index in [1.807, 2.05) is 17.8 Å². The highest BCUT2D eigenvalue weighted by atomic mass is 79.9. The molecule has 7 nitrogen and oxygen atoms in total. The Hall–Kier alpha value is -1.25. The van der Waals surface area contributed by atoms with Crippen LogP contribution in [0.5, 0.6) is 0 Å². The molecule has 18 heavy (non-hydrogen) atoms. The monoisotopic (exact) mass is 315 g/mol. The molecule has 1 N–H and O–H groups in total. The van der Waals surface area contributed by atoms with E-state index in [9.17, 15) is 5.11 Å². The van der Waals surface area contributed by atoms with Crippen LogP contribution in [0, 0.1) is 0 Å². The van der Waals surface area contributed by atoms with Crippen molar-refractivity contribution in [3.63, 3.8) is 0 Å². The molecule has 0 saturated carbocycles. The molecule has 0 fully saturated rings. The number of halogens is 1. The van der Waals surface area contributed by atoms with Crippen LogP contribution in [0.2, 0.25) is 0 Å². The van der Waals surface area contributed by atoms with Crippen molar-refractivity contribution in [1.29, 1.82) is 0 Å². The standard InChI is InChI=1S/C10H14BrN5O2/c1-15-5-9(11)12-10(15)8-4-16(14-13-8)3-7(17)6-18-2/h4-5,7,17H,3,6H2,1-2H3/t7-/m1/s1. The molecule has 0 aromatic carbocycles. The molecule has 0 unspecified atom stereocenters. The fraction of sp³-hybridized carbons (Fsp3) is 0.500. The van der Waals surface area contributed by atoms with E-state index in [4.69, 9.17) is 4.74 Å². The molecule has 0 amide bonds. The molecule has 0 aliphatic rings. The van der Waals surface area contributed by atoms with Gasteiger partial charge in [0.25, 0.3) is 0 Å². The third-order valence-corrected chi connectivity index (χ3v) is 2.75. The zero-order chi connectivity index (χ0) is 13.1. The first-order valence-electron chi connectivity index (χ1n) is 5.36. The second kappa shape index (κ2) is 5.59. The largest absolute Gasteiger partial charge is 0.389 e. The van der Waals surface area contributed by atoms with Crippen molar-refractivity contribution in [3.8, 4) is 11.5 Å². The van der Waals surface area contributed by atoms with E-state index < -0.39 is 6.10 Å². The predicted molar refractivity (Wildman–Crippen MR) is 67.8 cm³/mol. The molecule has 0 bridgehead atoms. The van der Waals surface area contributed by atoms with E-state index in [0.29, 0.717) is 18.1 Å². The summed E-state index contributed by atoms with van der Waals surface area (Å²) >= 11 is 3.30. The molecule has 0 aliphatic carbocycles. The van der Waals surface area contributed by atoms with Gasteiger partial charge in [0.2, 0.25) is 0 Å². The number of rotatable bonds is 5. The number of nitrogens with zero attached hydrogens (tertiary/aromatic N) is 5. The van der Waals surface area contributed by atoms with Gasteiger partial charge in [0.15, 0.2) is 5.82 Å². The lowest BCUT2D eigenvalue weighted by atomic mass is 10.4. The third-order valence-electron chi connectivity index (χ3n) is 2.37. The van der Waals surface area contributed by atoms with Crippen LogP contribution in [0.1, 0.15) is 0 Å². The zero-order valence-corrected chi connectivity index (χ0v) is 11.7. The van der Waals surface area contributed by atoms with Gasteiger partial charge in [0.05, 0.1) is 25.5 Å².